The lowest BCUT2D eigenvalue weighted by atomic mass is 9.98. The predicted octanol–water partition coefficient (Wildman–Crippen LogP) is 2.66. The SMILES string of the molecule is CC1CCN(C(=O)C2CC2(C)C)CC1Br. The van der Waals surface area contributed by atoms with Gasteiger partial charge in [-0.2, -0.15) is 0 Å². The van der Waals surface area contributed by atoms with Gasteiger partial charge in [0.2, 0.25) is 5.91 Å². The normalized spacial score (nSPS) is 38.9. The molecule has 1 amide bonds. The van der Waals surface area contributed by atoms with Crippen LogP contribution in [0.4, 0.5) is 0 Å². The van der Waals surface area contributed by atoms with Gasteiger partial charge in [0, 0.05) is 23.8 Å². The van der Waals surface area contributed by atoms with Gasteiger partial charge in [0.25, 0.3) is 0 Å². The Bertz CT molecular complexity index is 277. The Hall–Kier alpha value is -0.0500. The number of carbonyl (C=O) groups excluding carboxylic acids is 1. The van der Waals surface area contributed by atoms with Crippen LogP contribution in [-0.2, 0) is 4.79 Å². The van der Waals surface area contributed by atoms with Crippen LogP contribution in [0.2, 0.25) is 0 Å². The number of piperidine rings is 1. The van der Waals surface area contributed by atoms with Crippen molar-refractivity contribution in [2.75, 3.05) is 13.1 Å². The first-order valence-corrected chi connectivity index (χ1v) is 6.76. The van der Waals surface area contributed by atoms with E-state index in [-0.39, 0.29) is 5.41 Å². The summed E-state index contributed by atoms with van der Waals surface area (Å²) < 4.78 is 0. The summed E-state index contributed by atoms with van der Waals surface area (Å²) in [5, 5.41) is 0. The van der Waals surface area contributed by atoms with Crippen molar-refractivity contribution in [3.8, 4) is 0 Å². The quantitative estimate of drug-likeness (QED) is 0.673. The zero-order valence-corrected chi connectivity index (χ0v) is 11.4. The molecule has 0 radical (unpaired) electrons. The first-order chi connectivity index (χ1) is 6.92. The smallest absolute Gasteiger partial charge is 0.226 e. The molecule has 3 unspecified atom stereocenters. The summed E-state index contributed by atoms with van der Waals surface area (Å²) in [4.78, 5) is 14.7. The van der Waals surface area contributed by atoms with Gasteiger partial charge in [-0.1, -0.05) is 36.7 Å². The van der Waals surface area contributed by atoms with Crippen LogP contribution in [0, 0.1) is 17.3 Å². The minimum atomic E-state index is 0.266. The molecule has 2 rings (SSSR count). The summed E-state index contributed by atoms with van der Waals surface area (Å²) in [7, 11) is 0. The first kappa shape index (κ1) is 11.4. The van der Waals surface area contributed by atoms with E-state index in [1.54, 1.807) is 0 Å². The molecule has 3 atom stereocenters. The highest BCUT2D eigenvalue weighted by Gasteiger charge is 2.52. The molecule has 15 heavy (non-hydrogen) atoms. The van der Waals surface area contributed by atoms with Crippen LogP contribution in [-0.4, -0.2) is 28.7 Å². The average molecular weight is 274 g/mol. The van der Waals surface area contributed by atoms with Crippen LogP contribution < -0.4 is 0 Å². The van der Waals surface area contributed by atoms with Gasteiger partial charge in [-0.15, -0.1) is 0 Å². The zero-order chi connectivity index (χ0) is 11.2. The van der Waals surface area contributed by atoms with Gasteiger partial charge < -0.3 is 4.90 Å². The fourth-order valence-corrected chi connectivity index (χ4v) is 2.95. The maximum absolute atomic E-state index is 12.1. The number of hydrogen-bond donors (Lipinski definition) is 0. The molecule has 2 nitrogen and oxygen atoms in total. The molecule has 0 aromatic carbocycles. The van der Waals surface area contributed by atoms with Gasteiger partial charge >= 0.3 is 0 Å². The summed E-state index contributed by atoms with van der Waals surface area (Å²) in [5.74, 6) is 1.38. The molecule has 0 N–H and O–H groups in total. The van der Waals surface area contributed by atoms with Gasteiger partial charge in [-0.3, -0.25) is 4.79 Å². The van der Waals surface area contributed by atoms with Crippen molar-refractivity contribution in [1.29, 1.82) is 0 Å². The highest BCUT2D eigenvalue weighted by atomic mass is 79.9. The summed E-state index contributed by atoms with van der Waals surface area (Å²) >= 11 is 3.67. The molecule has 1 aliphatic carbocycles. The minimum Gasteiger partial charge on any atom is -0.341 e. The molecule has 1 heterocycles. The molecule has 1 aliphatic heterocycles. The van der Waals surface area contributed by atoms with Gasteiger partial charge in [0.05, 0.1) is 0 Å². The number of hydrogen-bond acceptors (Lipinski definition) is 1. The molecule has 3 heteroatoms. The Morgan fingerprint density at radius 3 is 2.53 bits per heavy atom. The van der Waals surface area contributed by atoms with Crippen LogP contribution in [0.3, 0.4) is 0 Å². The average Bonchev–Trinajstić information content (AvgIpc) is 2.79. The van der Waals surface area contributed by atoms with Crippen molar-refractivity contribution in [3.63, 3.8) is 0 Å². The summed E-state index contributed by atoms with van der Waals surface area (Å²) in [6, 6.07) is 0. The number of rotatable bonds is 1. The second kappa shape index (κ2) is 3.76. The van der Waals surface area contributed by atoms with Crippen LogP contribution >= 0.6 is 15.9 Å². The van der Waals surface area contributed by atoms with Crippen molar-refractivity contribution in [3.05, 3.63) is 0 Å². The van der Waals surface area contributed by atoms with E-state index >= 15 is 0 Å². The van der Waals surface area contributed by atoms with Gasteiger partial charge in [-0.05, 0) is 24.2 Å². The molecular weight excluding hydrogens is 254 g/mol. The lowest BCUT2D eigenvalue weighted by Crippen LogP contribution is -2.44. The number of amides is 1. The molecule has 0 bridgehead atoms. The second-order valence-corrected chi connectivity index (χ2v) is 6.99. The monoisotopic (exact) mass is 273 g/mol. The van der Waals surface area contributed by atoms with Crippen molar-refractivity contribution in [2.24, 2.45) is 17.3 Å². The number of alkyl halides is 1. The molecule has 2 aliphatic rings. The molecular formula is C12H20BrNO. The Morgan fingerprint density at radius 1 is 1.47 bits per heavy atom. The molecule has 1 saturated carbocycles. The third-order valence-electron chi connectivity index (χ3n) is 3.99. The fourth-order valence-electron chi connectivity index (χ4n) is 2.33. The maximum Gasteiger partial charge on any atom is 0.226 e. The Kier molecular flexibility index (Phi) is 2.87. The van der Waals surface area contributed by atoms with E-state index in [2.05, 4.69) is 41.6 Å². The zero-order valence-electron chi connectivity index (χ0n) is 9.79. The van der Waals surface area contributed by atoms with Gasteiger partial charge in [0.1, 0.15) is 0 Å². The van der Waals surface area contributed by atoms with E-state index in [1.807, 2.05) is 0 Å². The predicted molar refractivity (Wildman–Crippen MR) is 65.0 cm³/mol. The van der Waals surface area contributed by atoms with E-state index in [1.165, 1.54) is 0 Å². The molecule has 0 aromatic heterocycles. The fraction of sp³-hybridized carbons (Fsp3) is 0.917. The Labute approximate surface area is 101 Å². The van der Waals surface area contributed by atoms with E-state index in [4.69, 9.17) is 0 Å². The number of halogens is 1. The second-order valence-electron chi connectivity index (χ2n) is 5.81. The van der Waals surface area contributed by atoms with Crippen LogP contribution in [0.15, 0.2) is 0 Å². The highest BCUT2D eigenvalue weighted by Crippen LogP contribution is 2.52. The van der Waals surface area contributed by atoms with Crippen molar-refractivity contribution < 1.29 is 4.79 Å². The Morgan fingerprint density at radius 2 is 2.07 bits per heavy atom. The molecule has 0 spiro atoms. The molecule has 2 fully saturated rings. The minimum absolute atomic E-state index is 0.266. The van der Waals surface area contributed by atoms with Crippen LogP contribution in [0.1, 0.15) is 33.6 Å². The van der Waals surface area contributed by atoms with Crippen LogP contribution in [0.25, 0.3) is 0 Å². The lowest BCUT2D eigenvalue weighted by Gasteiger charge is -2.34. The first-order valence-electron chi connectivity index (χ1n) is 5.84. The molecule has 86 valence electrons. The summed E-state index contributed by atoms with van der Waals surface area (Å²) in [6.45, 7) is 8.48. The molecule has 1 saturated heterocycles. The van der Waals surface area contributed by atoms with Gasteiger partial charge in [0.15, 0.2) is 0 Å². The van der Waals surface area contributed by atoms with E-state index in [0.29, 0.717) is 22.6 Å². The van der Waals surface area contributed by atoms with E-state index in [0.717, 1.165) is 25.9 Å². The largest absolute Gasteiger partial charge is 0.341 e. The van der Waals surface area contributed by atoms with Gasteiger partial charge in [-0.25, -0.2) is 0 Å². The standard InChI is InChI=1S/C12H20BrNO/c1-8-4-5-14(7-10(8)13)11(15)9-6-12(9,2)3/h8-10H,4-7H2,1-3H3. The van der Waals surface area contributed by atoms with E-state index in [9.17, 15) is 4.79 Å². The molecule has 0 aromatic rings. The highest BCUT2D eigenvalue weighted by molar-refractivity contribution is 9.09. The summed E-state index contributed by atoms with van der Waals surface area (Å²) in [6.07, 6.45) is 2.21. The third-order valence-corrected chi connectivity index (χ3v) is 5.18. The summed E-state index contributed by atoms with van der Waals surface area (Å²) in [5.41, 5.74) is 0.266. The number of carbonyl (C=O) groups is 1. The third kappa shape index (κ3) is 2.22. The van der Waals surface area contributed by atoms with Crippen molar-refractivity contribution >= 4 is 21.8 Å². The number of likely N-dealkylation sites (tertiary alicyclic amines) is 1. The lowest BCUT2D eigenvalue weighted by molar-refractivity contribution is -0.134. The van der Waals surface area contributed by atoms with Crippen LogP contribution in [0.5, 0.6) is 0 Å². The Balaban J connectivity index is 1.92. The number of nitrogens with zero attached hydrogens (tertiary/aromatic N) is 1. The van der Waals surface area contributed by atoms with E-state index < -0.39 is 0 Å². The topological polar surface area (TPSA) is 20.3 Å². The maximum atomic E-state index is 12.1. The van der Waals surface area contributed by atoms with Crippen molar-refractivity contribution in [2.45, 2.75) is 38.4 Å². The van der Waals surface area contributed by atoms with Crippen molar-refractivity contribution in [1.82, 2.24) is 4.90 Å².